The minimum Gasteiger partial charge on any atom is -0.230 e. The van der Waals surface area contributed by atoms with Crippen LogP contribution in [-0.2, 0) is 0 Å². The third kappa shape index (κ3) is 2.14. The maximum absolute atomic E-state index is 11.4. The van der Waals surface area contributed by atoms with E-state index < -0.39 is 18.8 Å². The third-order valence-electron chi connectivity index (χ3n) is 0.618. The van der Waals surface area contributed by atoms with Crippen LogP contribution in [0, 0.1) is 6.17 Å². The smallest absolute Gasteiger partial charge is 0.230 e. The van der Waals surface area contributed by atoms with Crippen molar-refractivity contribution in [2.75, 3.05) is 0 Å². The first-order chi connectivity index (χ1) is 3.48. The van der Waals surface area contributed by atoms with Crippen LogP contribution in [0.3, 0.4) is 0 Å². The van der Waals surface area contributed by atoms with Crippen molar-refractivity contribution in [2.45, 2.75) is 19.5 Å². The molecule has 0 nitrogen and oxygen atoms in total. The highest BCUT2D eigenvalue weighted by molar-refractivity contribution is 4.82. The van der Waals surface area contributed by atoms with E-state index in [9.17, 15) is 17.6 Å². The minimum atomic E-state index is -4.74. The van der Waals surface area contributed by atoms with E-state index in [1.54, 1.807) is 0 Å². The summed E-state index contributed by atoms with van der Waals surface area (Å²) in [4.78, 5) is 0. The van der Waals surface area contributed by atoms with Gasteiger partial charge in [0.15, 0.2) is 0 Å². The quantitative estimate of drug-likeness (QED) is 0.477. The molecule has 49 valence electrons. The van der Waals surface area contributed by atoms with Crippen LogP contribution in [0.25, 0.3) is 0 Å². The van der Waals surface area contributed by atoms with Gasteiger partial charge >= 0.3 is 6.18 Å². The molecule has 1 radical (unpaired) electrons. The van der Waals surface area contributed by atoms with Crippen LogP contribution in [0.15, 0.2) is 0 Å². The third-order valence-corrected chi connectivity index (χ3v) is 0.618. The zero-order valence-corrected chi connectivity index (χ0v) is 4.22. The number of rotatable bonds is 1. The Morgan fingerprint density at radius 2 is 1.75 bits per heavy atom. The van der Waals surface area contributed by atoms with Crippen LogP contribution in [0.4, 0.5) is 17.6 Å². The highest BCUT2D eigenvalue weighted by Crippen LogP contribution is 2.30. The molecule has 0 aromatic rings. The molecule has 0 aromatic carbocycles. The summed E-state index contributed by atoms with van der Waals surface area (Å²) in [6, 6.07) is 0. The monoisotopic (exact) mass is 129 g/mol. The molecule has 0 aliphatic rings. The molecule has 0 saturated carbocycles. The fourth-order valence-corrected chi connectivity index (χ4v) is 0.200. The van der Waals surface area contributed by atoms with Crippen LogP contribution in [0.1, 0.15) is 13.3 Å². The molecule has 0 spiro atoms. The molecule has 0 unspecified atom stereocenters. The lowest BCUT2D eigenvalue weighted by Crippen LogP contribution is -2.14. The van der Waals surface area contributed by atoms with Gasteiger partial charge in [-0.3, -0.25) is 0 Å². The molecule has 0 rings (SSSR count). The van der Waals surface area contributed by atoms with E-state index in [4.69, 9.17) is 0 Å². The fraction of sp³-hybridized carbons (Fsp3) is 0.750. The topological polar surface area (TPSA) is 0 Å². The van der Waals surface area contributed by atoms with Crippen LogP contribution in [0.5, 0.6) is 0 Å². The van der Waals surface area contributed by atoms with E-state index in [1.807, 2.05) is 0 Å². The Kier molecular flexibility index (Phi) is 2.25. The van der Waals surface area contributed by atoms with Gasteiger partial charge in [0.25, 0.3) is 0 Å². The summed E-state index contributed by atoms with van der Waals surface area (Å²) in [6.45, 7) is 1.11. The van der Waals surface area contributed by atoms with E-state index in [0.29, 0.717) is 0 Å². The van der Waals surface area contributed by atoms with Gasteiger partial charge < -0.3 is 0 Å². The van der Waals surface area contributed by atoms with Crippen LogP contribution in [-0.4, -0.2) is 6.18 Å². The Morgan fingerprint density at radius 1 is 1.38 bits per heavy atom. The lowest BCUT2D eigenvalue weighted by Gasteiger charge is -2.06. The van der Waals surface area contributed by atoms with Crippen molar-refractivity contribution < 1.29 is 17.6 Å². The molecule has 0 aromatic heterocycles. The molecule has 0 atom stereocenters. The number of halogens is 4. The van der Waals surface area contributed by atoms with Gasteiger partial charge in [0, 0.05) is 0 Å². The summed E-state index contributed by atoms with van der Waals surface area (Å²) in [7, 11) is 0. The summed E-state index contributed by atoms with van der Waals surface area (Å²) < 4.78 is 44.5. The largest absolute Gasteiger partial charge is 0.426 e. The average molecular weight is 129 g/mol. The molecule has 0 saturated heterocycles. The molecule has 8 heavy (non-hydrogen) atoms. The predicted octanol–water partition coefficient (Wildman–Crippen LogP) is 2.46. The van der Waals surface area contributed by atoms with Crippen LogP contribution in [0.2, 0.25) is 0 Å². The number of hydrogen-bond donors (Lipinski definition) is 0. The summed E-state index contributed by atoms with van der Waals surface area (Å²) in [5.41, 5.74) is 0. The predicted molar refractivity (Wildman–Crippen MR) is 20.7 cm³/mol. The van der Waals surface area contributed by atoms with E-state index in [0.717, 1.165) is 6.92 Å². The second-order valence-corrected chi connectivity index (χ2v) is 1.26. The molecular weight excluding hydrogens is 124 g/mol. The van der Waals surface area contributed by atoms with Crippen LogP contribution >= 0.6 is 0 Å². The van der Waals surface area contributed by atoms with E-state index in [-0.39, 0.29) is 0 Å². The molecular formula is C4H5F4. The molecule has 0 aliphatic heterocycles. The van der Waals surface area contributed by atoms with Crippen molar-refractivity contribution in [3.05, 3.63) is 6.17 Å². The van der Waals surface area contributed by atoms with E-state index in [1.165, 1.54) is 0 Å². The van der Waals surface area contributed by atoms with Crippen molar-refractivity contribution in [3.63, 3.8) is 0 Å². The first kappa shape index (κ1) is 7.72. The Labute approximate surface area is 44.5 Å². The highest BCUT2D eigenvalue weighted by Gasteiger charge is 2.39. The van der Waals surface area contributed by atoms with Gasteiger partial charge in [-0.05, 0) is 6.42 Å². The Bertz CT molecular complexity index is 64.9. The average Bonchev–Trinajstić information content (AvgIpc) is 1.62. The van der Waals surface area contributed by atoms with Gasteiger partial charge in [-0.25, -0.2) is 4.39 Å². The maximum Gasteiger partial charge on any atom is 0.426 e. The summed E-state index contributed by atoms with van der Waals surface area (Å²) in [5.74, 6) is 0. The van der Waals surface area contributed by atoms with E-state index in [2.05, 4.69) is 0 Å². The summed E-state index contributed by atoms with van der Waals surface area (Å²) in [6.07, 6.45) is -7.24. The van der Waals surface area contributed by atoms with Crippen molar-refractivity contribution in [2.24, 2.45) is 0 Å². The van der Waals surface area contributed by atoms with Gasteiger partial charge in [0.2, 0.25) is 6.17 Å². The van der Waals surface area contributed by atoms with Crippen molar-refractivity contribution in [1.29, 1.82) is 0 Å². The van der Waals surface area contributed by atoms with Gasteiger partial charge in [0.05, 0.1) is 0 Å². The molecule has 0 N–H and O–H groups in total. The maximum atomic E-state index is 11.4. The number of alkyl halides is 3. The Hall–Kier alpha value is -0.280. The minimum absolute atomic E-state index is 0.580. The molecule has 4 heteroatoms. The highest BCUT2D eigenvalue weighted by atomic mass is 19.4. The second kappa shape index (κ2) is 2.33. The normalized spacial score (nSPS) is 12.8. The zero-order chi connectivity index (χ0) is 6.78. The molecule has 0 fully saturated rings. The first-order valence-corrected chi connectivity index (χ1v) is 2.07. The summed E-state index contributed by atoms with van der Waals surface area (Å²) >= 11 is 0. The van der Waals surface area contributed by atoms with Crippen LogP contribution < -0.4 is 0 Å². The van der Waals surface area contributed by atoms with Gasteiger partial charge in [0.1, 0.15) is 0 Å². The first-order valence-electron chi connectivity index (χ1n) is 2.07. The zero-order valence-electron chi connectivity index (χ0n) is 4.22. The van der Waals surface area contributed by atoms with Gasteiger partial charge in [-0.15, -0.1) is 0 Å². The Balaban J connectivity index is 3.62. The standard InChI is InChI=1S/C4H5F4/c1-2-3(5)4(6,7)8/h2H2,1H3. The fourth-order valence-electron chi connectivity index (χ4n) is 0.200. The van der Waals surface area contributed by atoms with Crippen molar-refractivity contribution >= 4 is 0 Å². The molecule has 0 bridgehead atoms. The lowest BCUT2D eigenvalue weighted by molar-refractivity contribution is -0.139. The summed E-state index contributed by atoms with van der Waals surface area (Å²) in [5, 5.41) is 0. The van der Waals surface area contributed by atoms with Crippen molar-refractivity contribution in [1.82, 2.24) is 0 Å². The van der Waals surface area contributed by atoms with E-state index >= 15 is 0 Å². The van der Waals surface area contributed by atoms with Crippen molar-refractivity contribution in [3.8, 4) is 0 Å². The second-order valence-electron chi connectivity index (χ2n) is 1.26. The molecule has 0 aliphatic carbocycles. The SMILES string of the molecule is CC[C](F)C(F)(F)F. The molecule has 0 amide bonds. The number of hydrogen-bond acceptors (Lipinski definition) is 0. The lowest BCUT2D eigenvalue weighted by atomic mass is 10.3. The molecule has 0 heterocycles. The Morgan fingerprint density at radius 3 is 1.75 bits per heavy atom. The van der Waals surface area contributed by atoms with Gasteiger partial charge in [-0.2, -0.15) is 13.2 Å². The van der Waals surface area contributed by atoms with Gasteiger partial charge in [-0.1, -0.05) is 6.92 Å².